The minimum Gasteiger partial charge on any atom is -0.348 e. The van der Waals surface area contributed by atoms with Gasteiger partial charge in [-0.25, -0.2) is 0 Å². The van der Waals surface area contributed by atoms with Crippen LogP contribution in [-0.4, -0.2) is 10.9 Å². The van der Waals surface area contributed by atoms with Crippen molar-refractivity contribution in [2.24, 2.45) is 5.41 Å². The predicted octanol–water partition coefficient (Wildman–Crippen LogP) is 1.56. The summed E-state index contributed by atoms with van der Waals surface area (Å²) in [6.07, 6.45) is 4.74. The van der Waals surface area contributed by atoms with Crippen molar-refractivity contribution in [1.29, 1.82) is 5.26 Å². The number of aromatic nitrogens is 1. The smallest absolute Gasteiger partial charge is 0.240 e. The molecule has 0 bridgehead atoms. The summed E-state index contributed by atoms with van der Waals surface area (Å²) in [5.74, 6) is -0.153. The molecule has 4 nitrogen and oxygen atoms in total. The van der Waals surface area contributed by atoms with Crippen LogP contribution < -0.4 is 5.32 Å². The zero-order chi connectivity index (χ0) is 11.6. The summed E-state index contributed by atoms with van der Waals surface area (Å²) >= 11 is 0. The third-order valence-corrected chi connectivity index (χ3v) is 2.95. The first-order chi connectivity index (χ1) is 7.68. The standard InChI is InChI=1S/C12H13N3O/c1-9(10-2-6-14-7-3-10)15-11(16)12(8-13)4-5-12/h2-3,6-7,9H,4-5H2,1H3,(H,15,16). The lowest BCUT2D eigenvalue weighted by Gasteiger charge is -2.15. The number of carbonyl (C=O) groups is 1. The molecule has 1 aliphatic carbocycles. The molecule has 0 radical (unpaired) electrons. The first-order valence-electron chi connectivity index (χ1n) is 5.30. The third-order valence-electron chi connectivity index (χ3n) is 2.95. The van der Waals surface area contributed by atoms with Crippen molar-refractivity contribution in [3.63, 3.8) is 0 Å². The van der Waals surface area contributed by atoms with E-state index >= 15 is 0 Å². The Bertz CT molecular complexity index is 431. The molecule has 0 aromatic carbocycles. The Hall–Kier alpha value is -1.89. The van der Waals surface area contributed by atoms with E-state index < -0.39 is 5.41 Å². The van der Waals surface area contributed by atoms with Crippen molar-refractivity contribution in [3.8, 4) is 6.07 Å². The van der Waals surface area contributed by atoms with Gasteiger partial charge >= 0.3 is 0 Å². The molecule has 1 amide bonds. The van der Waals surface area contributed by atoms with E-state index in [2.05, 4.69) is 16.4 Å². The van der Waals surface area contributed by atoms with E-state index in [4.69, 9.17) is 5.26 Å². The van der Waals surface area contributed by atoms with Crippen molar-refractivity contribution in [3.05, 3.63) is 30.1 Å². The van der Waals surface area contributed by atoms with Crippen LogP contribution in [0.2, 0.25) is 0 Å². The van der Waals surface area contributed by atoms with Crippen molar-refractivity contribution in [1.82, 2.24) is 10.3 Å². The molecule has 0 spiro atoms. The number of carbonyl (C=O) groups excluding carboxylic acids is 1. The lowest BCUT2D eigenvalue weighted by Crippen LogP contribution is -2.33. The molecule has 1 atom stereocenters. The van der Waals surface area contributed by atoms with Gasteiger partial charge in [-0.05, 0) is 37.5 Å². The molecule has 1 saturated carbocycles. The molecular weight excluding hydrogens is 202 g/mol. The molecule has 1 N–H and O–H groups in total. The fourth-order valence-corrected chi connectivity index (χ4v) is 1.58. The molecule has 1 unspecified atom stereocenters. The highest BCUT2D eigenvalue weighted by Gasteiger charge is 2.50. The minimum absolute atomic E-state index is 0.0821. The zero-order valence-corrected chi connectivity index (χ0v) is 9.10. The summed E-state index contributed by atoms with van der Waals surface area (Å²) in [4.78, 5) is 15.7. The summed E-state index contributed by atoms with van der Waals surface area (Å²) in [6.45, 7) is 1.90. The first-order valence-corrected chi connectivity index (χ1v) is 5.30. The number of pyridine rings is 1. The van der Waals surface area contributed by atoms with Gasteiger partial charge in [0.2, 0.25) is 5.91 Å². The number of nitriles is 1. The Morgan fingerprint density at radius 1 is 1.56 bits per heavy atom. The Kier molecular flexibility index (Phi) is 2.61. The van der Waals surface area contributed by atoms with E-state index in [9.17, 15) is 4.79 Å². The summed E-state index contributed by atoms with van der Waals surface area (Å²) < 4.78 is 0. The lowest BCUT2D eigenvalue weighted by molar-refractivity contribution is -0.125. The second kappa shape index (κ2) is 3.93. The molecule has 82 valence electrons. The average molecular weight is 215 g/mol. The number of rotatable bonds is 3. The first kappa shape index (κ1) is 10.6. The second-order valence-corrected chi connectivity index (χ2v) is 4.17. The molecule has 1 aromatic rings. The number of hydrogen-bond donors (Lipinski definition) is 1. The maximum atomic E-state index is 11.8. The van der Waals surface area contributed by atoms with Crippen LogP contribution in [0.3, 0.4) is 0 Å². The lowest BCUT2D eigenvalue weighted by atomic mass is 10.1. The van der Waals surface area contributed by atoms with E-state index in [1.165, 1.54) is 0 Å². The molecule has 16 heavy (non-hydrogen) atoms. The van der Waals surface area contributed by atoms with Crippen LogP contribution >= 0.6 is 0 Å². The van der Waals surface area contributed by atoms with Gasteiger partial charge in [0.05, 0.1) is 12.1 Å². The van der Waals surface area contributed by atoms with Crippen LogP contribution in [0.15, 0.2) is 24.5 Å². The predicted molar refractivity (Wildman–Crippen MR) is 58.1 cm³/mol. The van der Waals surface area contributed by atoms with Gasteiger partial charge in [-0.1, -0.05) is 0 Å². The number of hydrogen-bond acceptors (Lipinski definition) is 3. The molecule has 1 heterocycles. The van der Waals surface area contributed by atoms with Crippen molar-refractivity contribution < 1.29 is 4.79 Å². The third kappa shape index (κ3) is 1.89. The maximum absolute atomic E-state index is 11.8. The van der Waals surface area contributed by atoms with Crippen LogP contribution in [0.25, 0.3) is 0 Å². The topological polar surface area (TPSA) is 65.8 Å². The van der Waals surface area contributed by atoms with Gasteiger partial charge < -0.3 is 5.32 Å². The second-order valence-electron chi connectivity index (χ2n) is 4.17. The largest absolute Gasteiger partial charge is 0.348 e. The van der Waals surface area contributed by atoms with Gasteiger partial charge in [0.1, 0.15) is 5.41 Å². The number of nitrogens with one attached hydrogen (secondary N) is 1. The summed E-state index contributed by atoms with van der Waals surface area (Å²) in [5.41, 5.74) is 0.249. The zero-order valence-electron chi connectivity index (χ0n) is 9.10. The highest BCUT2D eigenvalue weighted by atomic mass is 16.2. The molecule has 1 fully saturated rings. The Balaban J connectivity index is 2.01. The number of nitrogens with zero attached hydrogens (tertiary/aromatic N) is 2. The summed E-state index contributed by atoms with van der Waals surface area (Å²) in [7, 11) is 0. The molecule has 1 aliphatic rings. The van der Waals surface area contributed by atoms with Crippen LogP contribution in [0.4, 0.5) is 0 Å². The van der Waals surface area contributed by atoms with Gasteiger partial charge in [-0.2, -0.15) is 5.26 Å². The monoisotopic (exact) mass is 215 g/mol. The van der Waals surface area contributed by atoms with Gasteiger partial charge in [0.15, 0.2) is 0 Å². The van der Waals surface area contributed by atoms with Crippen molar-refractivity contribution in [2.75, 3.05) is 0 Å². The summed E-state index contributed by atoms with van der Waals surface area (Å²) in [5, 5.41) is 11.8. The van der Waals surface area contributed by atoms with Crippen LogP contribution in [0.1, 0.15) is 31.4 Å². The van der Waals surface area contributed by atoms with E-state index in [1.807, 2.05) is 19.1 Å². The van der Waals surface area contributed by atoms with E-state index in [0.717, 1.165) is 5.56 Å². The molecule has 2 rings (SSSR count). The minimum atomic E-state index is -0.749. The maximum Gasteiger partial charge on any atom is 0.240 e. The van der Waals surface area contributed by atoms with Gasteiger partial charge in [0.25, 0.3) is 0 Å². The SMILES string of the molecule is CC(NC(=O)C1(C#N)CC1)c1ccncc1. The average Bonchev–Trinajstić information content (AvgIpc) is 3.11. The van der Waals surface area contributed by atoms with Gasteiger partial charge in [-0.15, -0.1) is 0 Å². The Morgan fingerprint density at radius 3 is 2.69 bits per heavy atom. The Labute approximate surface area is 94.3 Å². The number of amides is 1. The van der Waals surface area contributed by atoms with Crippen LogP contribution in [0, 0.1) is 16.7 Å². The molecule has 4 heteroatoms. The quantitative estimate of drug-likeness (QED) is 0.832. The highest BCUT2D eigenvalue weighted by Crippen LogP contribution is 2.45. The van der Waals surface area contributed by atoms with Crippen molar-refractivity contribution >= 4 is 5.91 Å². The fraction of sp³-hybridized carbons (Fsp3) is 0.417. The van der Waals surface area contributed by atoms with Gasteiger partial charge in [0, 0.05) is 12.4 Å². The molecular formula is C12H13N3O. The molecule has 0 aliphatic heterocycles. The van der Waals surface area contributed by atoms with Crippen LogP contribution in [-0.2, 0) is 4.79 Å². The van der Waals surface area contributed by atoms with E-state index in [-0.39, 0.29) is 11.9 Å². The van der Waals surface area contributed by atoms with Crippen LogP contribution in [0.5, 0.6) is 0 Å². The highest BCUT2D eigenvalue weighted by molar-refractivity contribution is 5.88. The summed E-state index contributed by atoms with van der Waals surface area (Å²) in [6, 6.07) is 5.72. The molecule has 0 saturated heterocycles. The van der Waals surface area contributed by atoms with Crippen molar-refractivity contribution in [2.45, 2.75) is 25.8 Å². The molecule has 1 aromatic heterocycles. The van der Waals surface area contributed by atoms with E-state index in [0.29, 0.717) is 12.8 Å². The Morgan fingerprint density at radius 2 is 2.19 bits per heavy atom. The van der Waals surface area contributed by atoms with Gasteiger partial charge in [-0.3, -0.25) is 9.78 Å². The fourth-order valence-electron chi connectivity index (χ4n) is 1.58. The normalized spacial score (nSPS) is 18.2. The van der Waals surface area contributed by atoms with E-state index in [1.54, 1.807) is 12.4 Å².